The van der Waals surface area contributed by atoms with Crippen LogP contribution in [0.4, 0.5) is 0 Å². The van der Waals surface area contributed by atoms with Crippen LogP contribution < -0.4 is 5.32 Å². The summed E-state index contributed by atoms with van der Waals surface area (Å²) < 4.78 is 20.9. The Bertz CT molecular complexity index is 1170. The fourth-order valence-corrected chi connectivity index (χ4v) is 5.71. The number of alkyl halides is 1. The molecule has 174 valence electrons. The van der Waals surface area contributed by atoms with Gasteiger partial charge >= 0.3 is 28.0 Å². The first-order valence-corrected chi connectivity index (χ1v) is 11.9. The molecule has 2 aliphatic rings. The molecule has 3 atom stereocenters. The van der Waals surface area contributed by atoms with Gasteiger partial charge in [0.2, 0.25) is 5.76 Å². The summed E-state index contributed by atoms with van der Waals surface area (Å²) in [6, 6.07) is -1.28. The minimum Gasteiger partial charge on any atom is -0.539 e. The summed E-state index contributed by atoms with van der Waals surface area (Å²) in [6.07, 6.45) is 0. The SMILES string of the molecule is [B]OC(=O)C(=C)O/N=C(/C(=O)N[C@@H]1C(=O)N2C(C(=O)O[B])=C(CCl)CS(=O)[C@H]12)c1csc(C)n1. The largest absolute Gasteiger partial charge is 0.539 e. The molecule has 1 unspecified atom stereocenters. The Morgan fingerprint density at radius 1 is 1.41 bits per heavy atom. The number of thiazole rings is 1. The van der Waals surface area contributed by atoms with Crippen molar-refractivity contribution in [3.63, 3.8) is 0 Å². The molecular formula is C17H13B2ClN4O8S2. The van der Waals surface area contributed by atoms with Crippen LogP contribution in [-0.2, 0) is 44.1 Å². The van der Waals surface area contributed by atoms with Crippen molar-refractivity contribution < 1.29 is 37.5 Å². The molecule has 0 aromatic carbocycles. The fourth-order valence-electron chi connectivity index (χ4n) is 3.09. The van der Waals surface area contributed by atoms with Crippen LogP contribution in [0.1, 0.15) is 10.7 Å². The molecule has 0 aliphatic carbocycles. The van der Waals surface area contributed by atoms with Crippen LogP contribution in [0.2, 0.25) is 0 Å². The topological polar surface area (TPSA) is 154 Å². The zero-order chi connectivity index (χ0) is 25.2. The Hall–Kier alpha value is -2.97. The second kappa shape index (κ2) is 10.5. The minimum absolute atomic E-state index is 0.0685. The smallest absolute Gasteiger partial charge is 0.379 e. The van der Waals surface area contributed by atoms with E-state index in [4.69, 9.17) is 32.5 Å². The molecule has 1 aromatic heterocycles. The number of carbonyl (C=O) groups excluding carboxylic acids is 4. The van der Waals surface area contributed by atoms with E-state index in [0.29, 0.717) is 5.01 Å². The third-order valence-corrected chi connectivity index (χ3v) is 7.36. The maximum atomic E-state index is 13.0. The minimum atomic E-state index is -1.71. The Morgan fingerprint density at radius 2 is 2.12 bits per heavy atom. The van der Waals surface area contributed by atoms with E-state index in [1.165, 1.54) is 16.7 Å². The molecule has 4 radical (unpaired) electrons. The number of aromatic nitrogens is 1. The highest BCUT2D eigenvalue weighted by Gasteiger charge is 2.57. The number of nitrogens with one attached hydrogen (secondary N) is 1. The zero-order valence-corrected chi connectivity index (χ0v) is 19.7. The Balaban J connectivity index is 1.86. The maximum absolute atomic E-state index is 13.0. The lowest BCUT2D eigenvalue weighted by Crippen LogP contribution is -2.74. The van der Waals surface area contributed by atoms with Crippen LogP contribution in [-0.4, -0.2) is 82.7 Å². The zero-order valence-electron chi connectivity index (χ0n) is 17.3. The third-order valence-electron chi connectivity index (χ3n) is 4.61. The number of fused-ring (bicyclic) bond motifs is 1. The monoisotopic (exact) mass is 522 g/mol. The molecule has 1 saturated heterocycles. The van der Waals surface area contributed by atoms with Crippen molar-refractivity contribution in [3.8, 4) is 0 Å². The van der Waals surface area contributed by atoms with Crippen LogP contribution >= 0.6 is 22.9 Å². The van der Waals surface area contributed by atoms with Crippen LogP contribution in [0.25, 0.3) is 0 Å². The standard InChI is InChI=1S/C17H13B2ClN4O8S2/c1-6(16(27)30-18)32-23-10(9-4-33-7(2)21-9)13(25)22-11-14(26)24-12(17(28)31-19)8(3-20)5-34(29)15(11)24/h4,11,15H,1,3,5H2,2H3,(H,22,25)/b23-10+/t11-,15-,34?/m1/s1. The summed E-state index contributed by atoms with van der Waals surface area (Å²) in [5.74, 6) is -4.80. The van der Waals surface area contributed by atoms with Gasteiger partial charge in [-0.15, -0.1) is 22.9 Å². The molecule has 1 fully saturated rings. The van der Waals surface area contributed by atoms with Crippen molar-refractivity contribution in [2.24, 2.45) is 5.16 Å². The van der Waals surface area contributed by atoms with Crippen molar-refractivity contribution in [3.05, 3.63) is 39.7 Å². The fraction of sp³-hybridized carbons (Fsp3) is 0.294. The number of rotatable bonds is 8. The van der Waals surface area contributed by atoms with Gasteiger partial charge in [-0.1, -0.05) is 5.16 Å². The number of oxime groups is 1. The first kappa shape index (κ1) is 25.6. The summed E-state index contributed by atoms with van der Waals surface area (Å²) in [5, 5.41) is 6.98. The van der Waals surface area contributed by atoms with E-state index < -0.39 is 57.4 Å². The normalized spacial score (nSPS) is 21.8. The van der Waals surface area contributed by atoms with Gasteiger partial charge in [-0.25, -0.2) is 14.6 Å². The summed E-state index contributed by atoms with van der Waals surface area (Å²) in [5.41, 5.74) is -0.356. The molecule has 2 aliphatic heterocycles. The average molecular weight is 523 g/mol. The van der Waals surface area contributed by atoms with Gasteiger partial charge in [0.25, 0.3) is 11.8 Å². The lowest BCUT2D eigenvalue weighted by atomic mass is 10.0. The van der Waals surface area contributed by atoms with E-state index in [0.717, 1.165) is 4.90 Å². The second-order valence-corrected chi connectivity index (χ2v) is 9.54. The van der Waals surface area contributed by atoms with Crippen molar-refractivity contribution in [2.45, 2.75) is 18.3 Å². The molecule has 12 nitrogen and oxygen atoms in total. The molecule has 3 heterocycles. The third kappa shape index (κ3) is 4.79. The number of hydrogen-bond acceptors (Lipinski definition) is 11. The van der Waals surface area contributed by atoms with Crippen LogP contribution in [0.3, 0.4) is 0 Å². The van der Waals surface area contributed by atoms with Crippen molar-refractivity contribution >= 4 is 79.3 Å². The van der Waals surface area contributed by atoms with Gasteiger partial charge in [-0.2, -0.15) is 0 Å². The molecule has 17 heteroatoms. The highest BCUT2D eigenvalue weighted by atomic mass is 35.5. The van der Waals surface area contributed by atoms with Gasteiger partial charge in [0.1, 0.15) is 22.8 Å². The number of amides is 2. The number of nitrogens with zero attached hydrogens (tertiary/aromatic N) is 3. The molecule has 0 bridgehead atoms. The molecule has 1 aromatic rings. The molecule has 34 heavy (non-hydrogen) atoms. The van der Waals surface area contributed by atoms with Crippen molar-refractivity contribution in [1.29, 1.82) is 0 Å². The van der Waals surface area contributed by atoms with Gasteiger partial charge < -0.3 is 19.5 Å². The molecule has 1 N–H and O–H groups in total. The second-order valence-electron chi connectivity index (χ2n) is 6.68. The predicted molar refractivity (Wildman–Crippen MR) is 121 cm³/mol. The summed E-state index contributed by atoms with van der Waals surface area (Å²) >= 11 is 7.01. The van der Waals surface area contributed by atoms with Gasteiger partial charge in [0, 0.05) is 11.3 Å². The van der Waals surface area contributed by atoms with Crippen LogP contribution in [0.15, 0.2) is 34.1 Å². The van der Waals surface area contributed by atoms with E-state index in [2.05, 4.69) is 31.3 Å². The number of aryl methyl sites for hydroxylation is 1. The number of β-lactam (4-membered cyclic amide) rings is 1. The average Bonchev–Trinajstić information content (AvgIpc) is 3.26. The maximum Gasteiger partial charge on any atom is 0.379 e. The van der Waals surface area contributed by atoms with E-state index in [-0.39, 0.29) is 28.6 Å². The molecule has 0 saturated carbocycles. The Morgan fingerprint density at radius 3 is 2.68 bits per heavy atom. The highest BCUT2D eigenvalue weighted by Crippen LogP contribution is 2.35. The summed E-state index contributed by atoms with van der Waals surface area (Å²) in [7, 11) is 7.98. The van der Waals surface area contributed by atoms with Gasteiger partial charge in [0.05, 0.1) is 21.6 Å². The molecular weight excluding hydrogens is 509 g/mol. The molecule has 3 rings (SSSR count). The first-order valence-electron chi connectivity index (χ1n) is 9.12. The highest BCUT2D eigenvalue weighted by molar-refractivity contribution is 7.86. The molecule has 0 spiro atoms. The van der Waals surface area contributed by atoms with Crippen molar-refractivity contribution in [2.75, 3.05) is 11.6 Å². The van der Waals surface area contributed by atoms with Crippen LogP contribution in [0, 0.1) is 6.92 Å². The number of hydrogen-bond donors (Lipinski definition) is 1. The quantitative estimate of drug-likeness (QED) is 0.0848. The van der Waals surface area contributed by atoms with E-state index in [9.17, 15) is 23.4 Å². The first-order chi connectivity index (χ1) is 16.1. The lowest BCUT2D eigenvalue weighted by Gasteiger charge is -2.49. The predicted octanol–water partition coefficient (Wildman–Crippen LogP) is -1.15. The van der Waals surface area contributed by atoms with Crippen molar-refractivity contribution in [1.82, 2.24) is 15.2 Å². The van der Waals surface area contributed by atoms with Gasteiger partial charge in [0.15, 0.2) is 5.71 Å². The Kier molecular flexibility index (Phi) is 7.94. The van der Waals surface area contributed by atoms with Crippen LogP contribution in [0.5, 0.6) is 0 Å². The van der Waals surface area contributed by atoms with E-state index in [1.807, 2.05) is 0 Å². The summed E-state index contributed by atoms with van der Waals surface area (Å²) in [6.45, 7) is 4.94. The van der Waals surface area contributed by atoms with Gasteiger partial charge in [-0.3, -0.25) is 18.7 Å². The molecule has 2 amide bonds. The van der Waals surface area contributed by atoms with E-state index >= 15 is 0 Å². The van der Waals surface area contributed by atoms with Gasteiger partial charge in [-0.05, 0) is 19.1 Å². The number of halogens is 1. The number of carbonyl (C=O) groups is 4. The Labute approximate surface area is 206 Å². The lowest BCUT2D eigenvalue weighted by molar-refractivity contribution is -0.149. The summed E-state index contributed by atoms with van der Waals surface area (Å²) in [4.78, 5) is 59.1. The van der Waals surface area contributed by atoms with E-state index in [1.54, 1.807) is 6.92 Å².